The first-order chi connectivity index (χ1) is 8.60. The second-order valence-corrected chi connectivity index (χ2v) is 4.28. The predicted octanol–water partition coefficient (Wildman–Crippen LogP) is 0.914. The van der Waals surface area contributed by atoms with Crippen molar-refractivity contribution < 1.29 is 9.53 Å². The molecule has 18 heavy (non-hydrogen) atoms. The smallest absolute Gasteiger partial charge is 0.344 e. The highest BCUT2D eigenvalue weighted by Gasteiger charge is 2.22. The van der Waals surface area contributed by atoms with Crippen LogP contribution in [0.3, 0.4) is 0 Å². The molecular weight excluding hydrogens is 254 g/mol. The number of hydrogen-bond acceptors (Lipinski definition) is 7. The third kappa shape index (κ3) is 1.88. The second-order valence-electron chi connectivity index (χ2n) is 3.48. The number of thioether (sulfide) groups is 1. The van der Waals surface area contributed by atoms with E-state index < -0.39 is 5.97 Å². The van der Waals surface area contributed by atoms with Crippen molar-refractivity contribution in [3.05, 3.63) is 11.4 Å². The molecule has 0 saturated heterocycles. The highest BCUT2D eigenvalue weighted by Crippen LogP contribution is 2.24. The Morgan fingerprint density at radius 1 is 1.50 bits per heavy atom. The van der Waals surface area contributed by atoms with Crippen LogP contribution in [-0.4, -0.2) is 38.4 Å². The number of carbonyl (C=O) groups is 1. The largest absolute Gasteiger partial charge is 0.462 e. The Morgan fingerprint density at radius 3 is 2.83 bits per heavy atom. The van der Waals surface area contributed by atoms with Gasteiger partial charge < -0.3 is 10.5 Å². The third-order valence-corrected chi connectivity index (χ3v) is 3.06. The van der Waals surface area contributed by atoms with E-state index in [2.05, 4.69) is 15.2 Å². The fourth-order valence-corrected chi connectivity index (χ4v) is 2.20. The molecular formula is C10H13N5O2S. The van der Waals surface area contributed by atoms with Crippen LogP contribution in [0.25, 0.3) is 5.65 Å². The maximum atomic E-state index is 12.0. The highest BCUT2D eigenvalue weighted by atomic mass is 32.2. The molecule has 2 N–H and O–H groups in total. The minimum Gasteiger partial charge on any atom is -0.462 e. The zero-order valence-electron chi connectivity index (χ0n) is 10.3. The average Bonchev–Trinajstić information content (AvgIpc) is 2.72. The van der Waals surface area contributed by atoms with Crippen LogP contribution < -0.4 is 5.73 Å². The molecule has 0 bridgehead atoms. The van der Waals surface area contributed by atoms with E-state index in [0.717, 1.165) is 0 Å². The van der Waals surface area contributed by atoms with E-state index in [4.69, 9.17) is 10.5 Å². The summed E-state index contributed by atoms with van der Waals surface area (Å²) in [5.41, 5.74) is 6.51. The van der Waals surface area contributed by atoms with Crippen LogP contribution in [0.2, 0.25) is 0 Å². The summed E-state index contributed by atoms with van der Waals surface area (Å²) in [6.45, 7) is 3.77. The van der Waals surface area contributed by atoms with Gasteiger partial charge in [-0.3, -0.25) is 0 Å². The Morgan fingerprint density at radius 2 is 2.22 bits per heavy atom. The number of aromatic nitrogens is 4. The lowest BCUT2D eigenvalue weighted by Gasteiger charge is -2.09. The van der Waals surface area contributed by atoms with Crippen molar-refractivity contribution in [2.75, 3.05) is 18.6 Å². The molecule has 2 heterocycles. The normalized spacial score (nSPS) is 10.8. The number of aryl methyl sites for hydroxylation is 1. The molecule has 8 heteroatoms. The second kappa shape index (κ2) is 4.81. The van der Waals surface area contributed by atoms with Gasteiger partial charge in [-0.05, 0) is 20.1 Å². The van der Waals surface area contributed by atoms with Crippen LogP contribution in [0.1, 0.15) is 23.1 Å². The van der Waals surface area contributed by atoms with Gasteiger partial charge in [0.2, 0.25) is 5.95 Å². The number of carbonyl (C=O) groups excluding carboxylic acids is 1. The molecule has 0 atom stereocenters. The summed E-state index contributed by atoms with van der Waals surface area (Å²) in [5.74, 6) is 0.366. The van der Waals surface area contributed by atoms with Gasteiger partial charge in [-0.2, -0.15) is 0 Å². The third-order valence-electron chi connectivity index (χ3n) is 2.38. The Labute approximate surface area is 108 Å². The Balaban J connectivity index is 2.76. The number of rotatable bonds is 3. The first-order valence-electron chi connectivity index (χ1n) is 5.32. The molecule has 0 aliphatic heterocycles. The van der Waals surface area contributed by atoms with Crippen molar-refractivity contribution in [2.24, 2.45) is 0 Å². The number of nitrogens with two attached hydrogens (primary N) is 1. The topological polar surface area (TPSA) is 95.4 Å². The minimum absolute atomic E-state index is 0.255. The molecule has 0 radical (unpaired) electrons. The summed E-state index contributed by atoms with van der Waals surface area (Å²) in [7, 11) is 0. The molecule has 0 aliphatic rings. The molecule has 0 aliphatic carbocycles. The first kappa shape index (κ1) is 12.6. The summed E-state index contributed by atoms with van der Waals surface area (Å²) in [5, 5.41) is 8.37. The van der Waals surface area contributed by atoms with Gasteiger partial charge in [0.15, 0.2) is 5.65 Å². The van der Waals surface area contributed by atoms with Crippen molar-refractivity contribution in [1.29, 1.82) is 0 Å². The fraction of sp³-hybridized carbons (Fsp3) is 0.400. The van der Waals surface area contributed by atoms with Crippen LogP contribution >= 0.6 is 11.8 Å². The average molecular weight is 267 g/mol. The molecule has 0 aromatic carbocycles. The lowest BCUT2D eigenvalue weighted by molar-refractivity contribution is 0.0523. The van der Waals surface area contributed by atoms with E-state index in [0.29, 0.717) is 22.1 Å². The Hall–Kier alpha value is -1.83. The van der Waals surface area contributed by atoms with E-state index in [1.54, 1.807) is 13.8 Å². The first-order valence-corrected chi connectivity index (χ1v) is 6.55. The van der Waals surface area contributed by atoms with Gasteiger partial charge in [0.05, 0.1) is 6.61 Å². The van der Waals surface area contributed by atoms with Gasteiger partial charge in [-0.25, -0.2) is 14.2 Å². The Bertz CT molecular complexity index is 610. The predicted molar refractivity (Wildman–Crippen MR) is 67.7 cm³/mol. The molecule has 2 rings (SSSR count). The zero-order valence-corrected chi connectivity index (χ0v) is 11.1. The van der Waals surface area contributed by atoms with Crippen molar-refractivity contribution in [3.8, 4) is 0 Å². The number of hydrogen-bond donors (Lipinski definition) is 1. The minimum atomic E-state index is -0.466. The van der Waals surface area contributed by atoms with Crippen LogP contribution in [-0.2, 0) is 4.74 Å². The van der Waals surface area contributed by atoms with E-state index >= 15 is 0 Å². The van der Waals surface area contributed by atoms with E-state index in [9.17, 15) is 4.79 Å². The molecule has 0 spiro atoms. The van der Waals surface area contributed by atoms with E-state index in [-0.39, 0.29) is 12.6 Å². The summed E-state index contributed by atoms with van der Waals surface area (Å²) in [6.07, 6.45) is 1.81. The maximum absolute atomic E-state index is 12.0. The van der Waals surface area contributed by atoms with Gasteiger partial charge in [-0.1, -0.05) is 0 Å². The summed E-state index contributed by atoms with van der Waals surface area (Å²) >= 11 is 1.31. The SMILES string of the molecule is CCOC(=O)c1c(SC)nc(N)n2c(C)nnc12. The van der Waals surface area contributed by atoms with Crippen LogP contribution in [0.5, 0.6) is 0 Å². The summed E-state index contributed by atoms with van der Waals surface area (Å²) < 4.78 is 6.55. The quantitative estimate of drug-likeness (QED) is 0.501. The number of nitrogens with zero attached hydrogens (tertiary/aromatic N) is 4. The molecule has 0 fully saturated rings. The molecule has 0 unspecified atom stereocenters. The molecule has 0 amide bonds. The van der Waals surface area contributed by atoms with E-state index in [1.165, 1.54) is 16.2 Å². The number of nitrogen functional groups attached to an aromatic ring is 1. The van der Waals surface area contributed by atoms with Crippen molar-refractivity contribution >= 4 is 29.3 Å². The van der Waals surface area contributed by atoms with Gasteiger partial charge in [-0.15, -0.1) is 22.0 Å². The monoisotopic (exact) mass is 267 g/mol. The Kier molecular flexibility index (Phi) is 3.37. The van der Waals surface area contributed by atoms with Crippen LogP contribution in [0.4, 0.5) is 5.95 Å². The van der Waals surface area contributed by atoms with Crippen molar-refractivity contribution in [2.45, 2.75) is 18.9 Å². The number of esters is 1. The maximum Gasteiger partial charge on any atom is 0.344 e. The molecule has 2 aromatic heterocycles. The molecule has 2 aromatic rings. The van der Waals surface area contributed by atoms with Crippen molar-refractivity contribution in [3.63, 3.8) is 0 Å². The molecule has 7 nitrogen and oxygen atoms in total. The van der Waals surface area contributed by atoms with Crippen LogP contribution in [0, 0.1) is 6.92 Å². The number of ether oxygens (including phenoxy) is 1. The lowest BCUT2D eigenvalue weighted by Crippen LogP contribution is -2.13. The highest BCUT2D eigenvalue weighted by molar-refractivity contribution is 7.98. The van der Waals surface area contributed by atoms with Gasteiger partial charge in [0.25, 0.3) is 0 Å². The lowest BCUT2D eigenvalue weighted by atomic mass is 10.3. The number of fused-ring (bicyclic) bond motifs is 1. The molecule has 0 saturated carbocycles. The summed E-state index contributed by atoms with van der Waals surface area (Å²) in [6, 6.07) is 0. The van der Waals surface area contributed by atoms with Crippen LogP contribution in [0.15, 0.2) is 5.03 Å². The summed E-state index contributed by atoms with van der Waals surface area (Å²) in [4.78, 5) is 16.1. The van der Waals surface area contributed by atoms with Crippen molar-refractivity contribution in [1.82, 2.24) is 19.6 Å². The standard InChI is InChI=1S/C10H13N5O2S/c1-4-17-9(16)6-7-14-13-5(2)15(7)10(11)12-8(6)18-3/h4H2,1-3H3,(H2,11,12). The molecule has 96 valence electrons. The van der Waals surface area contributed by atoms with Gasteiger partial charge in [0, 0.05) is 0 Å². The van der Waals surface area contributed by atoms with E-state index in [1.807, 2.05) is 6.26 Å². The van der Waals surface area contributed by atoms with Gasteiger partial charge in [0.1, 0.15) is 16.4 Å². The number of anilines is 1. The zero-order chi connectivity index (χ0) is 13.3. The van der Waals surface area contributed by atoms with Gasteiger partial charge >= 0.3 is 5.97 Å². The fourth-order valence-electron chi connectivity index (χ4n) is 1.63.